The molecule has 0 aromatic heterocycles. The van der Waals surface area contributed by atoms with Gasteiger partial charge in [-0.05, 0) is 13.3 Å². The normalized spacial score (nSPS) is 10.7. The Morgan fingerprint density at radius 3 is 1.75 bits per heavy atom. The summed E-state index contributed by atoms with van der Waals surface area (Å²) in [6.45, 7) is 8.12. The Morgan fingerprint density at radius 1 is 0.750 bits per heavy atom. The lowest BCUT2D eigenvalue weighted by Crippen LogP contribution is -2.16. The summed E-state index contributed by atoms with van der Waals surface area (Å²) in [5.41, 5.74) is 0. The predicted octanol–water partition coefficient (Wildman–Crippen LogP) is 1.42. The first-order valence-corrected chi connectivity index (χ1v) is 7.27. The maximum Gasteiger partial charge on any atom is 0.332 e. The Hall–Kier alpha value is -0.690. The van der Waals surface area contributed by atoms with Gasteiger partial charge in [-0.25, -0.2) is 4.79 Å². The minimum Gasteiger partial charge on any atom is -0.464 e. The number of carbonyl (C=O) groups is 1. The van der Waals surface area contributed by atoms with Crippen LogP contribution in [0.4, 0.5) is 0 Å². The van der Waals surface area contributed by atoms with Crippen LogP contribution in [0.5, 0.6) is 0 Å². The van der Waals surface area contributed by atoms with Crippen molar-refractivity contribution in [2.24, 2.45) is 0 Å². The fraction of sp³-hybridized carbons (Fsp3) is 0.929. The van der Waals surface area contributed by atoms with Gasteiger partial charge in [0.15, 0.2) is 0 Å². The Labute approximate surface area is 121 Å². The SMILES string of the molecule is CCCCOCCOCCOCCOCC(=O)OCC. The molecular formula is C14H28O6. The molecule has 0 aromatic rings. The molecule has 0 N–H and O–H groups in total. The lowest BCUT2D eigenvalue weighted by molar-refractivity contribution is -0.149. The van der Waals surface area contributed by atoms with E-state index in [2.05, 4.69) is 6.92 Å². The molecule has 0 amide bonds. The molecule has 0 aromatic carbocycles. The second kappa shape index (κ2) is 16.4. The molecule has 0 unspecified atom stereocenters. The summed E-state index contributed by atoms with van der Waals surface area (Å²) in [4.78, 5) is 10.9. The van der Waals surface area contributed by atoms with E-state index in [1.807, 2.05) is 0 Å². The van der Waals surface area contributed by atoms with Crippen LogP contribution in [0.2, 0.25) is 0 Å². The van der Waals surface area contributed by atoms with E-state index in [-0.39, 0.29) is 12.6 Å². The van der Waals surface area contributed by atoms with Crippen molar-refractivity contribution in [2.45, 2.75) is 26.7 Å². The van der Waals surface area contributed by atoms with Crippen molar-refractivity contribution in [3.8, 4) is 0 Å². The van der Waals surface area contributed by atoms with Gasteiger partial charge >= 0.3 is 5.97 Å². The van der Waals surface area contributed by atoms with Crippen molar-refractivity contribution < 1.29 is 28.5 Å². The Balaban J connectivity index is 3.01. The second-order valence-electron chi connectivity index (χ2n) is 4.05. The summed E-state index contributed by atoms with van der Waals surface area (Å²) in [5.74, 6) is -0.348. The zero-order chi connectivity index (χ0) is 14.9. The van der Waals surface area contributed by atoms with E-state index in [1.165, 1.54) is 0 Å². The first kappa shape index (κ1) is 19.3. The minimum absolute atomic E-state index is 0.0250. The summed E-state index contributed by atoms with van der Waals surface area (Å²) in [6.07, 6.45) is 2.24. The van der Waals surface area contributed by atoms with E-state index in [0.29, 0.717) is 46.2 Å². The van der Waals surface area contributed by atoms with Gasteiger partial charge in [0, 0.05) is 6.61 Å². The van der Waals surface area contributed by atoms with E-state index < -0.39 is 0 Å². The monoisotopic (exact) mass is 292 g/mol. The largest absolute Gasteiger partial charge is 0.464 e. The van der Waals surface area contributed by atoms with Crippen LogP contribution in [0.15, 0.2) is 0 Å². The quantitative estimate of drug-likeness (QED) is 0.336. The molecule has 0 heterocycles. The van der Waals surface area contributed by atoms with E-state index in [4.69, 9.17) is 23.7 Å². The summed E-state index contributed by atoms with van der Waals surface area (Å²) in [6, 6.07) is 0. The third-order valence-corrected chi connectivity index (χ3v) is 2.28. The number of rotatable bonds is 15. The van der Waals surface area contributed by atoms with Crippen LogP contribution >= 0.6 is 0 Å². The second-order valence-corrected chi connectivity index (χ2v) is 4.05. The smallest absolute Gasteiger partial charge is 0.332 e. The summed E-state index contributed by atoms with van der Waals surface area (Å²) in [5, 5.41) is 0. The molecule has 0 atom stereocenters. The highest BCUT2D eigenvalue weighted by molar-refractivity contribution is 5.70. The molecule has 0 bridgehead atoms. The fourth-order valence-corrected chi connectivity index (χ4v) is 1.26. The first-order valence-electron chi connectivity index (χ1n) is 7.27. The molecule has 0 saturated heterocycles. The van der Waals surface area contributed by atoms with Gasteiger partial charge in [0.1, 0.15) is 6.61 Å². The van der Waals surface area contributed by atoms with E-state index >= 15 is 0 Å². The lowest BCUT2D eigenvalue weighted by atomic mass is 10.4. The number of hydrogen-bond donors (Lipinski definition) is 0. The molecule has 0 aliphatic heterocycles. The van der Waals surface area contributed by atoms with Crippen LogP contribution < -0.4 is 0 Å². The lowest BCUT2D eigenvalue weighted by Gasteiger charge is -2.07. The molecule has 0 spiro atoms. The Bertz CT molecular complexity index is 210. The summed E-state index contributed by atoms with van der Waals surface area (Å²) >= 11 is 0. The first-order chi connectivity index (χ1) is 9.81. The number of hydrogen-bond acceptors (Lipinski definition) is 6. The molecular weight excluding hydrogens is 264 g/mol. The van der Waals surface area contributed by atoms with Gasteiger partial charge in [0.25, 0.3) is 0 Å². The maximum atomic E-state index is 10.9. The topological polar surface area (TPSA) is 63.2 Å². The molecule has 0 saturated carbocycles. The molecule has 120 valence electrons. The third-order valence-electron chi connectivity index (χ3n) is 2.28. The van der Waals surface area contributed by atoms with Crippen molar-refractivity contribution in [2.75, 3.05) is 59.5 Å². The average Bonchev–Trinajstić information content (AvgIpc) is 2.44. The predicted molar refractivity (Wildman–Crippen MR) is 74.8 cm³/mol. The molecule has 6 heteroatoms. The van der Waals surface area contributed by atoms with Crippen LogP contribution in [0.25, 0.3) is 0 Å². The minimum atomic E-state index is -0.348. The molecule has 0 rings (SSSR count). The van der Waals surface area contributed by atoms with E-state index in [0.717, 1.165) is 19.4 Å². The van der Waals surface area contributed by atoms with Crippen LogP contribution in [0.3, 0.4) is 0 Å². The Kier molecular flexibility index (Phi) is 15.8. The van der Waals surface area contributed by atoms with Gasteiger partial charge in [-0.2, -0.15) is 0 Å². The molecule has 0 aliphatic rings. The van der Waals surface area contributed by atoms with Crippen molar-refractivity contribution in [3.05, 3.63) is 0 Å². The van der Waals surface area contributed by atoms with Gasteiger partial charge in [-0.3, -0.25) is 0 Å². The van der Waals surface area contributed by atoms with Crippen LogP contribution in [-0.2, 0) is 28.5 Å². The molecule has 20 heavy (non-hydrogen) atoms. The van der Waals surface area contributed by atoms with E-state index in [1.54, 1.807) is 6.92 Å². The van der Waals surface area contributed by atoms with E-state index in [9.17, 15) is 4.79 Å². The highest BCUT2D eigenvalue weighted by Crippen LogP contribution is 1.88. The van der Waals surface area contributed by atoms with Crippen LogP contribution in [0.1, 0.15) is 26.7 Å². The highest BCUT2D eigenvalue weighted by atomic mass is 16.6. The maximum absolute atomic E-state index is 10.9. The number of ether oxygens (including phenoxy) is 5. The molecule has 0 aliphatic carbocycles. The molecule has 0 radical (unpaired) electrons. The number of unbranched alkanes of at least 4 members (excludes halogenated alkanes) is 1. The van der Waals surface area contributed by atoms with Crippen LogP contribution in [0, 0.1) is 0 Å². The Morgan fingerprint density at radius 2 is 1.25 bits per heavy atom. The van der Waals surface area contributed by atoms with Crippen molar-refractivity contribution in [1.82, 2.24) is 0 Å². The van der Waals surface area contributed by atoms with Crippen LogP contribution in [-0.4, -0.2) is 65.4 Å². The van der Waals surface area contributed by atoms with Crippen molar-refractivity contribution in [1.29, 1.82) is 0 Å². The molecule has 6 nitrogen and oxygen atoms in total. The van der Waals surface area contributed by atoms with Crippen molar-refractivity contribution >= 4 is 5.97 Å². The molecule has 0 fully saturated rings. The standard InChI is InChI=1S/C14H28O6/c1-3-5-6-16-7-8-17-9-10-18-11-12-19-13-14(15)20-4-2/h3-13H2,1-2H3. The average molecular weight is 292 g/mol. The highest BCUT2D eigenvalue weighted by Gasteiger charge is 2.00. The van der Waals surface area contributed by atoms with Gasteiger partial charge < -0.3 is 23.7 Å². The third kappa shape index (κ3) is 15.4. The van der Waals surface area contributed by atoms with Gasteiger partial charge in [-0.15, -0.1) is 0 Å². The zero-order valence-electron chi connectivity index (χ0n) is 12.7. The van der Waals surface area contributed by atoms with Gasteiger partial charge in [-0.1, -0.05) is 13.3 Å². The van der Waals surface area contributed by atoms with Crippen molar-refractivity contribution in [3.63, 3.8) is 0 Å². The summed E-state index contributed by atoms with van der Waals surface area (Å²) < 4.78 is 25.7. The fourth-order valence-electron chi connectivity index (χ4n) is 1.26. The van der Waals surface area contributed by atoms with Gasteiger partial charge in [0.05, 0.1) is 46.2 Å². The number of carbonyl (C=O) groups excluding carboxylic acids is 1. The van der Waals surface area contributed by atoms with Gasteiger partial charge in [0.2, 0.25) is 0 Å². The summed E-state index contributed by atoms with van der Waals surface area (Å²) in [7, 11) is 0. The number of esters is 1. The zero-order valence-corrected chi connectivity index (χ0v) is 12.7.